The Kier molecular flexibility index (Phi) is 5.13. The molecule has 0 radical (unpaired) electrons. The molecule has 1 heterocycles. The summed E-state index contributed by atoms with van der Waals surface area (Å²) in [7, 11) is 0. The Bertz CT molecular complexity index is 487. The smallest absolute Gasteiger partial charge is 0.263 e. The van der Waals surface area contributed by atoms with E-state index < -0.39 is 6.10 Å². The summed E-state index contributed by atoms with van der Waals surface area (Å²) >= 11 is 11.9. The summed E-state index contributed by atoms with van der Waals surface area (Å²) in [6, 6.07) is 5.06. The van der Waals surface area contributed by atoms with Gasteiger partial charge in [-0.3, -0.25) is 4.79 Å². The minimum atomic E-state index is -0.638. The van der Waals surface area contributed by atoms with Crippen LogP contribution in [0.1, 0.15) is 19.8 Å². The van der Waals surface area contributed by atoms with Crippen LogP contribution in [0.2, 0.25) is 10.0 Å². The fourth-order valence-electron chi connectivity index (χ4n) is 2.16. The number of benzene rings is 1. The second-order valence-electron chi connectivity index (χ2n) is 4.87. The molecule has 1 saturated heterocycles. The second kappa shape index (κ2) is 6.66. The fraction of sp³-hybridized carbons (Fsp3) is 0.500. The van der Waals surface area contributed by atoms with Gasteiger partial charge in [0.15, 0.2) is 6.10 Å². The molecule has 0 spiro atoms. The second-order valence-corrected chi connectivity index (χ2v) is 5.65. The predicted octanol–water partition coefficient (Wildman–Crippen LogP) is 2.74. The summed E-state index contributed by atoms with van der Waals surface area (Å²) in [5, 5.41) is 10.1. The van der Waals surface area contributed by atoms with E-state index in [1.165, 1.54) is 0 Å². The van der Waals surface area contributed by atoms with Gasteiger partial charge >= 0.3 is 0 Å². The summed E-state index contributed by atoms with van der Waals surface area (Å²) in [4.78, 5) is 14.0. The van der Waals surface area contributed by atoms with Gasteiger partial charge in [-0.1, -0.05) is 29.3 Å². The minimum absolute atomic E-state index is 0.104. The van der Waals surface area contributed by atoms with Gasteiger partial charge in [0.05, 0.1) is 11.1 Å². The van der Waals surface area contributed by atoms with Crippen molar-refractivity contribution < 1.29 is 14.6 Å². The molecule has 1 aromatic carbocycles. The van der Waals surface area contributed by atoms with Crippen molar-refractivity contribution in [3.8, 4) is 5.75 Å². The molecule has 1 unspecified atom stereocenters. The maximum atomic E-state index is 12.2. The number of carbonyl (C=O) groups excluding carboxylic acids is 1. The first-order chi connectivity index (χ1) is 9.49. The first kappa shape index (κ1) is 15.4. The molecule has 1 aliphatic rings. The molecule has 2 rings (SSSR count). The van der Waals surface area contributed by atoms with Crippen LogP contribution >= 0.6 is 23.2 Å². The van der Waals surface area contributed by atoms with Gasteiger partial charge < -0.3 is 14.7 Å². The first-order valence-corrected chi connectivity index (χ1v) is 7.32. The summed E-state index contributed by atoms with van der Waals surface area (Å²) in [5.41, 5.74) is 0. The van der Waals surface area contributed by atoms with Gasteiger partial charge in [0, 0.05) is 13.1 Å². The maximum Gasteiger partial charge on any atom is 0.263 e. The molecular formula is C14H17Cl2NO3. The molecule has 1 aliphatic heterocycles. The molecule has 1 N–H and O–H groups in total. The number of nitrogens with zero attached hydrogens (tertiary/aromatic N) is 1. The van der Waals surface area contributed by atoms with Crippen LogP contribution in [0.5, 0.6) is 5.75 Å². The van der Waals surface area contributed by atoms with Gasteiger partial charge in [-0.05, 0) is 31.9 Å². The van der Waals surface area contributed by atoms with E-state index in [0.717, 1.165) is 0 Å². The lowest BCUT2D eigenvalue weighted by molar-refractivity contribution is -0.139. The van der Waals surface area contributed by atoms with Crippen molar-refractivity contribution in [2.75, 3.05) is 13.1 Å². The van der Waals surface area contributed by atoms with Crippen LogP contribution in [0, 0.1) is 0 Å². The number of hydrogen-bond acceptors (Lipinski definition) is 3. The fourth-order valence-corrected chi connectivity index (χ4v) is 2.50. The Balaban J connectivity index is 1.99. The zero-order chi connectivity index (χ0) is 14.7. The van der Waals surface area contributed by atoms with Crippen molar-refractivity contribution in [3.05, 3.63) is 28.2 Å². The number of amides is 1. The number of halogens is 2. The average Bonchev–Trinajstić information content (AvgIpc) is 2.44. The van der Waals surface area contributed by atoms with E-state index in [2.05, 4.69) is 0 Å². The lowest BCUT2D eigenvalue weighted by Crippen LogP contribution is -2.45. The molecular weight excluding hydrogens is 301 g/mol. The highest BCUT2D eigenvalue weighted by atomic mass is 35.5. The minimum Gasteiger partial charge on any atom is -0.479 e. The SMILES string of the molecule is CC(Oc1cccc(Cl)c1Cl)C(=O)N1CCC(O)CC1. The van der Waals surface area contributed by atoms with E-state index in [4.69, 9.17) is 27.9 Å². The zero-order valence-electron chi connectivity index (χ0n) is 11.2. The van der Waals surface area contributed by atoms with Crippen LogP contribution in [-0.4, -0.2) is 41.2 Å². The Morgan fingerprint density at radius 3 is 2.70 bits per heavy atom. The predicted molar refractivity (Wildman–Crippen MR) is 78.4 cm³/mol. The number of likely N-dealkylation sites (tertiary alicyclic amines) is 1. The number of ether oxygens (including phenoxy) is 1. The first-order valence-electron chi connectivity index (χ1n) is 6.56. The van der Waals surface area contributed by atoms with Gasteiger partial charge in [0.25, 0.3) is 5.91 Å². The maximum absolute atomic E-state index is 12.2. The highest BCUT2D eigenvalue weighted by Gasteiger charge is 2.26. The highest BCUT2D eigenvalue weighted by molar-refractivity contribution is 6.42. The van der Waals surface area contributed by atoms with E-state index in [1.807, 2.05) is 0 Å². The van der Waals surface area contributed by atoms with Crippen LogP contribution < -0.4 is 4.74 Å². The third kappa shape index (κ3) is 3.57. The van der Waals surface area contributed by atoms with Crippen LogP contribution in [0.25, 0.3) is 0 Å². The number of rotatable bonds is 3. The highest BCUT2D eigenvalue weighted by Crippen LogP contribution is 2.32. The molecule has 4 nitrogen and oxygen atoms in total. The Morgan fingerprint density at radius 1 is 1.40 bits per heavy atom. The van der Waals surface area contributed by atoms with Crippen LogP contribution in [0.4, 0.5) is 0 Å². The molecule has 0 saturated carbocycles. The summed E-state index contributed by atoms with van der Waals surface area (Å²) in [6.45, 7) is 2.79. The van der Waals surface area contributed by atoms with Crippen molar-refractivity contribution in [3.63, 3.8) is 0 Å². The molecule has 0 aliphatic carbocycles. The van der Waals surface area contributed by atoms with Crippen LogP contribution in [0.15, 0.2) is 18.2 Å². The van der Waals surface area contributed by atoms with Crippen LogP contribution in [-0.2, 0) is 4.79 Å². The lowest BCUT2D eigenvalue weighted by atomic mass is 10.1. The van der Waals surface area contributed by atoms with Gasteiger partial charge in [-0.15, -0.1) is 0 Å². The van der Waals surface area contributed by atoms with Gasteiger partial charge in [0.1, 0.15) is 10.8 Å². The molecule has 1 aromatic rings. The van der Waals surface area contributed by atoms with E-state index in [-0.39, 0.29) is 12.0 Å². The molecule has 1 fully saturated rings. The number of carbonyl (C=O) groups is 1. The van der Waals surface area contributed by atoms with Crippen LogP contribution in [0.3, 0.4) is 0 Å². The lowest BCUT2D eigenvalue weighted by Gasteiger charge is -2.31. The monoisotopic (exact) mass is 317 g/mol. The topological polar surface area (TPSA) is 49.8 Å². The molecule has 110 valence electrons. The Morgan fingerprint density at radius 2 is 2.05 bits per heavy atom. The van der Waals surface area contributed by atoms with E-state index in [0.29, 0.717) is 41.7 Å². The van der Waals surface area contributed by atoms with Crippen molar-refractivity contribution >= 4 is 29.1 Å². The molecule has 0 bridgehead atoms. The number of aliphatic hydroxyl groups is 1. The Labute approximate surface area is 128 Å². The molecule has 20 heavy (non-hydrogen) atoms. The van der Waals surface area contributed by atoms with Crippen molar-refractivity contribution in [2.24, 2.45) is 0 Å². The zero-order valence-corrected chi connectivity index (χ0v) is 12.7. The normalized spacial score (nSPS) is 17.9. The van der Waals surface area contributed by atoms with Gasteiger partial charge in [0.2, 0.25) is 0 Å². The molecule has 0 aromatic heterocycles. The number of aliphatic hydroxyl groups excluding tert-OH is 1. The summed E-state index contributed by atoms with van der Waals surface area (Å²) < 4.78 is 5.60. The van der Waals surface area contributed by atoms with Gasteiger partial charge in [-0.25, -0.2) is 0 Å². The number of piperidine rings is 1. The quantitative estimate of drug-likeness (QED) is 0.932. The summed E-state index contributed by atoms with van der Waals surface area (Å²) in [5.74, 6) is 0.296. The van der Waals surface area contributed by atoms with Crippen molar-refractivity contribution in [1.29, 1.82) is 0 Å². The third-order valence-electron chi connectivity index (χ3n) is 3.34. The van der Waals surface area contributed by atoms with Crippen molar-refractivity contribution in [1.82, 2.24) is 4.90 Å². The largest absolute Gasteiger partial charge is 0.479 e. The van der Waals surface area contributed by atoms with E-state index in [1.54, 1.807) is 30.0 Å². The average molecular weight is 318 g/mol. The number of hydrogen-bond donors (Lipinski definition) is 1. The van der Waals surface area contributed by atoms with E-state index >= 15 is 0 Å². The van der Waals surface area contributed by atoms with Gasteiger partial charge in [-0.2, -0.15) is 0 Å². The Hall–Kier alpha value is -0.970. The van der Waals surface area contributed by atoms with Crippen molar-refractivity contribution in [2.45, 2.75) is 32.0 Å². The molecule has 1 atom stereocenters. The van der Waals surface area contributed by atoms with E-state index in [9.17, 15) is 9.90 Å². The summed E-state index contributed by atoms with van der Waals surface area (Å²) in [6.07, 6.45) is 0.270. The standard InChI is InChI=1S/C14H17Cl2NO3/c1-9(14(19)17-7-5-10(18)6-8-17)20-12-4-2-3-11(15)13(12)16/h2-4,9-10,18H,5-8H2,1H3. The molecule has 6 heteroatoms. The molecule has 1 amide bonds. The third-order valence-corrected chi connectivity index (χ3v) is 4.15.